The van der Waals surface area contributed by atoms with Gasteiger partial charge in [0.25, 0.3) is 5.89 Å². The molecule has 0 spiro atoms. The second-order valence-corrected chi connectivity index (χ2v) is 7.05. The fraction of sp³-hybridized carbons (Fsp3) is 0.286. The average Bonchev–Trinajstić information content (AvgIpc) is 3.36. The van der Waals surface area contributed by atoms with Crippen LogP contribution in [0.3, 0.4) is 0 Å². The summed E-state index contributed by atoms with van der Waals surface area (Å²) in [5.74, 6) is 1.32. The van der Waals surface area contributed by atoms with Gasteiger partial charge in [-0.1, -0.05) is 28.5 Å². The van der Waals surface area contributed by atoms with E-state index < -0.39 is 0 Å². The van der Waals surface area contributed by atoms with E-state index in [4.69, 9.17) is 14.8 Å². The summed E-state index contributed by atoms with van der Waals surface area (Å²) in [6.07, 6.45) is 1.53. The first-order chi connectivity index (χ1) is 14.1. The minimum absolute atomic E-state index is 0.0303. The Morgan fingerprint density at radius 1 is 1.34 bits per heavy atom. The van der Waals surface area contributed by atoms with Gasteiger partial charge in [0.1, 0.15) is 11.8 Å². The molecule has 0 radical (unpaired) electrons. The fourth-order valence-electron chi connectivity index (χ4n) is 3.58. The maximum atomic E-state index is 9.43. The van der Waals surface area contributed by atoms with Crippen LogP contribution in [-0.2, 0) is 6.42 Å². The van der Waals surface area contributed by atoms with Crippen LogP contribution in [-0.4, -0.2) is 16.2 Å². The summed E-state index contributed by atoms with van der Waals surface area (Å²) < 4.78 is 11.1. The molecule has 4 rings (SSSR count). The van der Waals surface area contributed by atoms with Crippen molar-refractivity contribution in [3.05, 3.63) is 63.5 Å². The van der Waals surface area contributed by atoms with Crippen LogP contribution in [0.5, 0.6) is 5.75 Å². The molecule has 0 saturated carbocycles. The Balaban J connectivity index is 1.69. The first-order valence-electron chi connectivity index (χ1n) is 9.32. The Hall–Kier alpha value is -3.82. The number of benzene rings is 2. The van der Waals surface area contributed by atoms with Crippen LogP contribution >= 0.6 is 0 Å². The summed E-state index contributed by atoms with van der Waals surface area (Å²) in [6.45, 7) is 3.81. The van der Waals surface area contributed by atoms with E-state index in [1.165, 1.54) is 0 Å². The van der Waals surface area contributed by atoms with Crippen molar-refractivity contribution >= 4 is 0 Å². The summed E-state index contributed by atoms with van der Waals surface area (Å²) in [5.41, 5.74) is 12.8. The molecule has 0 N–H and O–H groups in total. The van der Waals surface area contributed by atoms with Crippen molar-refractivity contribution in [1.82, 2.24) is 10.1 Å². The number of nitrogens with zero attached hydrogens (tertiary/aromatic N) is 6. The molecular formula is C21H18N6O2. The van der Waals surface area contributed by atoms with Crippen molar-refractivity contribution in [2.45, 2.75) is 38.8 Å². The lowest BCUT2D eigenvalue weighted by atomic mass is 10.0. The van der Waals surface area contributed by atoms with E-state index in [0.29, 0.717) is 28.6 Å². The number of nitriles is 1. The molecule has 1 aliphatic carbocycles. The first-order valence-corrected chi connectivity index (χ1v) is 9.32. The Morgan fingerprint density at radius 3 is 2.97 bits per heavy atom. The van der Waals surface area contributed by atoms with Gasteiger partial charge in [-0.05, 0) is 61.5 Å². The second kappa shape index (κ2) is 7.66. The highest BCUT2D eigenvalue weighted by molar-refractivity contribution is 5.67. The van der Waals surface area contributed by atoms with E-state index in [0.717, 1.165) is 29.5 Å². The second-order valence-electron chi connectivity index (χ2n) is 7.05. The number of hydrogen-bond donors (Lipinski definition) is 0. The molecule has 0 aliphatic heterocycles. The Morgan fingerprint density at radius 2 is 2.21 bits per heavy atom. The van der Waals surface area contributed by atoms with Crippen LogP contribution in [0.4, 0.5) is 0 Å². The van der Waals surface area contributed by atoms with Gasteiger partial charge in [0.05, 0.1) is 17.7 Å². The molecule has 0 amide bonds. The molecule has 0 bridgehead atoms. The highest BCUT2D eigenvalue weighted by Gasteiger charge is 2.26. The van der Waals surface area contributed by atoms with Gasteiger partial charge in [0, 0.05) is 16.0 Å². The quantitative estimate of drug-likeness (QED) is 0.332. The summed E-state index contributed by atoms with van der Waals surface area (Å²) in [4.78, 5) is 7.48. The topological polar surface area (TPSA) is 121 Å². The smallest absolute Gasteiger partial charge is 0.258 e. The Bertz CT molecular complexity index is 1150. The van der Waals surface area contributed by atoms with Crippen molar-refractivity contribution in [2.75, 3.05) is 0 Å². The minimum atomic E-state index is -0.159. The normalized spacial score (nSPS) is 14.9. The van der Waals surface area contributed by atoms with Crippen molar-refractivity contribution < 1.29 is 9.26 Å². The lowest BCUT2D eigenvalue weighted by Crippen LogP contribution is -2.06. The van der Waals surface area contributed by atoms with E-state index in [2.05, 4.69) is 26.2 Å². The van der Waals surface area contributed by atoms with Crippen LogP contribution in [0.25, 0.3) is 33.3 Å². The van der Waals surface area contributed by atoms with Gasteiger partial charge in [0.15, 0.2) is 0 Å². The molecule has 1 atom stereocenters. The molecule has 1 unspecified atom stereocenters. The molecule has 8 heteroatoms. The van der Waals surface area contributed by atoms with Crippen LogP contribution in [0.1, 0.15) is 43.0 Å². The number of rotatable bonds is 5. The Kier molecular flexibility index (Phi) is 4.90. The van der Waals surface area contributed by atoms with Gasteiger partial charge in [-0.15, -0.1) is 0 Å². The molecule has 0 fully saturated rings. The summed E-state index contributed by atoms with van der Waals surface area (Å²) in [5, 5.41) is 17.4. The van der Waals surface area contributed by atoms with Gasteiger partial charge in [0.2, 0.25) is 5.82 Å². The van der Waals surface area contributed by atoms with Crippen LogP contribution in [0.2, 0.25) is 0 Å². The molecule has 144 valence electrons. The van der Waals surface area contributed by atoms with Gasteiger partial charge < -0.3 is 9.26 Å². The molecular weight excluding hydrogens is 368 g/mol. The van der Waals surface area contributed by atoms with E-state index in [1.807, 2.05) is 32.0 Å². The van der Waals surface area contributed by atoms with E-state index >= 15 is 0 Å². The standard InChI is InChI=1S/C21H18N6O2/c1-12(2)28-19-9-6-13(10-14(19)11-22)21-24-20(26-29-21)17-5-3-4-16-15(17)7-8-18(16)25-27-23/h3-6,9-10,12,18H,7-8H2,1-2H3. The lowest BCUT2D eigenvalue weighted by Gasteiger charge is -2.11. The number of aromatic nitrogens is 2. The number of azide groups is 1. The molecule has 3 aromatic rings. The minimum Gasteiger partial charge on any atom is -0.490 e. The first kappa shape index (κ1) is 18.5. The van der Waals surface area contributed by atoms with Gasteiger partial charge in [-0.2, -0.15) is 10.2 Å². The van der Waals surface area contributed by atoms with Crippen LogP contribution in [0.15, 0.2) is 46.0 Å². The van der Waals surface area contributed by atoms with E-state index in [-0.39, 0.29) is 12.1 Å². The third-order valence-corrected chi connectivity index (χ3v) is 4.81. The van der Waals surface area contributed by atoms with Crippen molar-refractivity contribution in [2.24, 2.45) is 5.11 Å². The molecule has 8 nitrogen and oxygen atoms in total. The van der Waals surface area contributed by atoms with Crippen molar-refractivity contribution in [3.63, 3.8) is 0 Å². The highest BCUT2D eigenvalue weighted by atomic mass is 16.5. The van der Waals surface area contributed by atoms with Gasteiger partial charge in [-0.3, -0.25) is 0 Å². The molecule has 2 aromatic carbocycles. The number of ether oxygens (including phenoxy) is 1. The third-order valence-electron chi connectivity index (χ3n) is 4.81. The summed E-state index contributed by atoms with van der Waals surface area (Å²) in [6, 6.07) is 13.0. The third kappa shape index (κ3) is 3.51. The summed E-state index contributed by atoms with van der Waals surface area (Å²) >= 11 is 0. The maximum absolute atomic E-state index is 9.43. The SMILES string of the molecule is CC(C)Oc1ccc(-c2nc(-c3cccc4c3CCC4N=[N+]=[N-])no2)cc1C#N. The number of fused-ring (bicyclic) bond motifs is 1. The van der Waals surface area contributed by atoms with Gasteiger partial charge >= 0.3 is 0 Å². The van der Waals surface area contributed by atoms with E-state index in [9.17, 15) is 5.26 Å². The monoisotopic (exact) mass is 386 g/mol. The van der Waals surface area contributed by atoms with Crippen LogP contribution < -0.4 is 4.74 Å². The average molecular weight is 386 g/mol. The molecule has 1 heterocycles. The fourth-order valence-corrected chi connectivity index (χ4v) is 3.58. The zero-order valence-electron chi connectivity index (χ0n) is 16.0. The molecule has 1 aliphatic rings. The van der Waals surface area contributed by atoms with Crippen molar-refractivity contribution in [1.29, 1.82) is 5.26 Å². The van der Waals surface area contributed by atoms with E-state index in [1.54, 1.807) is 18.2 Å². The Labute approximate surface area is 167 Å². The van der Waals surface area contributed by atoms with Gasteiger partial charge in [-0.25, -0.2) is 0 Å². The summed E-state index contributed by atoms with van der Waals surface area (Å²) in [7, 11) is 0. The zero-order chi connectivity index (χ0) is 20.4. The highest BCUT2D eigenvalue weighted by Crippen LogP contribution is 2.39. The molecule has 29 heavy (non-hydrogen) atoms. The largest absolute Gasteiger partial charge is 0.490 e. The maximum Gasteiger partial charge on any atom is 0.258 e. The number of hydrogen-bond acceptors (Lipinski definition) is 6. The lowest BCUT2D eigenvalue weighted by molar-refractivity contribution is 0.242. The van der Waals surface area contributed by atoms with Crippen LogP contribution in [0, 0.1) is 11.3 Å². The van der Waals surface area contributed by atoms with Crippen molar-refractivity contribution in [3.8, 4) is 34.7 Å². The zero-order valence-corrected chi connectivity index (χ0v) is 16.0. The molecule has 1 aromatic heterocycles. The molecule has 0 saturated heterocycles. The predicted octanol–water partition coefficient (Wildman–Crippen LogP) is 5.36. The predicted molar refractivity (Wildman–Crippen MR) is 106 cm³/mol.